The van der Waals surface area contributed by atoms with Gasteiger partial charge in [-0.2, -0.15) is 0 Å². The summed E-state index contributed by atoms with van der Waals surface area (Å²) in [6, 6.07) is -0.0929. The first-order valence-corrected chi connectivity index (χ1v) is 5.66. The molecule has 1 aliphatic heterocycles. The van der Waals surface area contributed by atoms with Crippen molar-refractivity contribution in [3.8, 4) is 0 Å². The summed E-state index contributed by atoms with van der Waals surface area (Å²) in [6.45, 7) is 5.59. The largest absolute Gasteiger partial charge is 0.382 e. The third-order valence-corrected chi connectivity index (χ3v) is 2.62. The lowest BCUT2D eigenvalue weighted by Gasteiger charge is -2.26. The monoisotopic (exact) mass is 243 g/mol. The molecule has 0 saturated carbocycles. The molecule has 1 fully saturated rings. The molecule has 0 radical (unpaired) electrons. The fourth-order valence-corrected chi connectivity index (χ4v) is 1.84. The maximum absolute atomic E-state index is 11.8. The van der Waals surface area contributed by atoms with Crippen molar-refractivity contribution in [3.05, 3.63) is 0 Å². The number of carbonyl (C=O) groups excluding carboxylic acids is 2. The molecule has 6 nitrogen and oxygen atoms in total. The lowest BCUT2D eigenvalue weighted by Crippen LogP contribution is -2.50. The Morgan fingerprint density at radius 2 is 2.12 bits per heavy atom. The molecule has 3 amide bonds. The highest BCUT2D eigenvalue weighted by molar-refractivity contribution is 5.85. The van der Waals surface area contributed by atoms with Gasteiger partial charge in [-0.1, -0.05) is 0 Å². The van der Waals surface area contributed by atoms with Crippen molar-refractivity contribution in [3.63, 3.8) is 0 Å². The number of rotatable bonds is 5. The highest BCUT2D eigenvalue weighted by Crippen LogP contribution is 2.06. The molecular formula is C11H21N3O3. The first-order chi connectivity index (χ1) is 7.85. The number of hydrogen-bond donors (Lipinski definition) is 1. The highest BCUT2D eigenvalue weighted by atomic mass is 16.5. The molecule has 0 aliphatic carbocycles. The van der Waals surface area contributed by atoms with E-state index in [1.165, 1.54) is 4.90 Å². The first kappa shape index (κ1) is 13.8. The number of nitrogens with one attached hydrogen (secondary N) is 1. The minimum absolute atomic E-state index is 0.0929. The normalized spacial score (nSPS) is 16.6. The number of urea groups is 1. The summed E-state index contributed by atoms with van der Waals surface area (Å²) in [5, 5.41) is 2.84. The van der Waals surface area contributed by atoms with Crippen molar-refractivity contribution >= 4 is 11.9 Å². The summed E-state index contributed by atoms with van der Waals surface area (Å²) >= 11 is 0. The molecule has 6 heteroatoms. The van der Waals surface area contributed by atoms with E-state index >= 15 is 0 Å². The Labute approximate surface area is 102 Å². The van der Waals surface area contributed by atoms with Crippen molar-refractivity contribution < 1.29 is 14.3 Å². The third kappa shape index (κ3) is 3.89. The van der Waals surface area contributed by atoms with Crippen molar-refractivity contribution in [1.29, 1.82) is 0 Å². The summed E-state index contributed by atoms with van der Waals surface area (Å²) < 4.78 is 5.01. The van der Waals surface area contributed by atoms with E-state index in [0.29, 0.717) is 19.7 Å². The number of nitrogens with zero attached hydrogens (tertiary/aromatic N) is 2. The summed E-state index contributed by atoms with van der Waals surface area (Å²) in [5.41, 5.74) is -0.416. The average Bonchev–Trinajstić information content (AvgIpc) is 2.48. The zero-order valence-corrected chi connectivity index (χ0v) is 10.9. The first-order valence-electron chi connectivity index (χ1n) is 5.66. The molecule has 1 heterocycles. The Morgan fingerprint density at radius 3 is 2.59 bits per heavy atom. The summed E-state index contributed by atoms with van der Waals surface area (Å²) in [7, 11) is 3.32. The van der Waals surface area contributed by atoms with E-state index in [1.807, 2.05) is 13.8 Å². The van der Waals surface area contributed by atoms with Crippen LogP contribution in [0.25, 0.3) is 0 Å². The van der Waals surface area contributed by atoms with Gasteiger partial charge in [-0.05, 0) is 13.8 Å². The number of methoxy groups -OCH3 is 1. The molecule has 98 valence electrons. The van der Waals surface area contributed by atoms with E-state index in [1.54, 1.807) is 19.1 Å². The molecule has 0 aromatic rings. The fraction of sp³-hybridized carbons (Fsp3) is 0.818. The van der Waals surface area contributed by atoms with E-state index in [9.17, 15) is 9.59 Å². The second-order valence-electron chi connectivity index (χ2n) is 4.99. The topological polar surface area (TPSA) is 61.9 Å². The van der Waals surface area contributed by atoms with Crippen LogP contribution in [0.1, 0.15) is 13.8 Å². The van der Waals surface area contributed by atoms with Gasteiger partial charge in [-0.15, -0.1) is 0 Å². The van der Waals surface area contributed by atoms with Gasteiger partial charge >= 0.3 is 6.03 Å². The molecule has 0 aromatic heterocycles. The Bertz CT molecular complexity index is 304. The summed E-state index contributed by atoms with van der Waals surface area (Å²) in [4.78, 5) is 26.5. The Morgan fingerprint density at radius 1 is 1.47 bits per heavy atom. The van der Waals surface area contributed by atoms with Gasteiger partial charge < -0.3 is 19.9 Å². The van der Waals surface area contributed by atoms with Crippen LogP contribution in [-0.4, -0.2) is 67.7 Å². The van der Waals surface area contributed by atoms with Crippen LogP contribution in [0.2, 0.25) is 0 Å². The van der Waals surface area contributed by atoms with Gasteiger partial charge in [-0.25, -0.2) is 4.79 Å². The van der Waals surface area contributed by atoms with Crippen LogP contribution in [0.5, 0.6) is 0 Å². The molecule has 0 bridgehead atoms. The van der Waals surface area contributed by atoms with Crippen molar-refractivity contribution in [2.24, 2.45) is 0 Å². The van der Waals surface area contributed by atoms with Gasteiger partial charge in [0.1, 0.15) is 6.54 Å². The fourth-order valence-electron chi connectivity index (χ4n) is 1.84. The quantitative estimate of drug-likeness (QED) is 0.733. The predicted molar refractivity (Wildman–Crippen MR) is 63.7 cm³/mol. The maximum atomic E-state index is 11.8. The lowest BCUT2D eigenvalue weighted by atomic mass is 10.1. The van der Waals surface area contributed by atoms with E-state index in [0.717, 1.165) is 0 Å². The SMILES string of the molecule is COCC(C)(C)NC(=O)CN1CCN(C)C1=O. The van der Waals surface area contributed by atoms with Crippen LogP contribution < -0.4 is 5.32 Å². The smallest absolute Gasteiger partial charge is 0.320 e. The molecule has 1 rings (SSSR count). The van der Waals surface area contributed by atoms with Gasteiger partial charge in [0.05, 0.1) is 12.1 Å². The Hall–Kier alpha value is -1.30. The molecule has 1 aliphatic rings. The standard InChI is InChI=1S/C11H21N3O3/c1-11(2,8-17-4)12-9(15)7-14-6-5-13(3)10(14)16/h5-8H2,1-4H3,(H,12,15). The number of amides is 3. The minimum atomic E-state index is -0.416. The second-order valence-corrected chi connectivity index (χ2v) is 4.99. The van der Waals surface area contributed by atoms with Crippen LogP contribution in [0.4, 0.5) is 4.79 Å². The summed E-state index contributed by atoms with van der Waals surface area (Å²) in [6.07, 6.45) is 0. The van der Waals surface area contributed by atoms with Gasteiger partial charge in [0.15, 0.2) is 0 Å². The average molecular weight is 243 g/mol. The molecular weight excluding hydrogens is 222 g/mol. The van der Waals surface area contributed by atoms with Crippen LogP contribution in [0.15, 0.2) is 0 Å². The molecule has 1 saturated heterocycles. The summed E-state index contributed by atoms with van der Waals surface area (Å²) in [5.74, 6) is -0.157. The van der Waals surface area contributed by atoms with Gasteiger partial charge in [0.2, 0.25) is 5.91 Å². The molecule has 1 N–H and O–H groups in total. The maximum Gasteiger partial charge on any atom is 0.320 e. The molecule has 0 unspecified atom stereocenters. The van der Waals surface area contributed by atoms with Crippen molar-refractivity contribution in [1.82, 2.24) is 15.1 Å². The van der Waals surface area contributed by atoms with Crippen molar-refractivity contribution in [2.75, 3.05) is 40.4 Å². The molecule has 0 atom stereocenters. The zero-order chi connectivity index (χ0) is 13.1. The van der Waals surface area contributed by atoms with E-state index < -0.39 is 5.54 Å². The van der Waals surface area contributed by atoms with Crippen LogP contribution >= 0.6 is 0 Å². The highest BCUT2D eigenvalue weighted by Gasteiger charge is 2.28. The van der Waals surface area contributed by atoms with E-state index in [-0.39, 0.29) is 18.5 Å². The predicted octanol–water partition coefficient (Wildman–Crippen LogP) is -0.105. The molecule has 17 heavy (non-hydrogen) atoms. The minimum Gasteiger partial charge on any atom is -0.382 e. The van der Waals surface area contributed by atoms with Crippen LogP contribution in [0, 0.1) is 0 Å². The Kier molecular flexibility index (Phi) is 4.34. The van der Waals surface area contributed by atoms with Gasteiger partial charge in [0, 0.05) is 27.2 Å². The number of carbonyl (C=O) groups is 2. The Balaban J connectivity index is 2.42. The third-order valence-electron chi connectivity index (χ3n) is 2.62. The van der Waals surface area contributed by atoms with Gasteiger partial charge in [-0.3, -0.25) is 4.79 Å². The van der Waals surface area contributed by atoms with Gasteiger partial charge in [0.25, 0.3) is 0 Å². The number of hydrogen-bond acceptors (Lipinski definition) is 3. The van der Waals surface area contributed by atoms with Crippen molar-refractivity contribution in [2.45, 2.75) is 19.4 Å². The lowest BCUT2D eigenvalue weighted by molar-refractivity contribution is -0.123. The molecule has 0 aromatic carbocycles. The van der Waals surface area contributed by atoms with Crippen LogP contribution in [0.3, 0.4) is 0 Å². The zero-order valence-electron chi connectivity index (χ0n) is 10.9. The second kappa shape index (κ2) is 5.35. The van der Waals surface area contributed by atoms with E-state index in [2.05, 4.69) is 5.32 Å². The van der Waals surface area contributed by atoms with Crippen LogP contribution in [-0.2, 0) is 9.53 Å². The number of likely N-dealkylation sites (N-methyl/N-ethyl adjacent to an activating group) is 1. The molecule has 0 spiro atoms. The number of ether oxygens (including phenoxy) is 1. The van der Waals surface area contributed by atoms with E-state index in [4.69, 9.17) is 4.74 Å².